The van der Waals surface area contributed by atoms with Crippen LogP contribution in [0.15, 0.2) is 36.7 Å². The molecule has 0 fully saturated rings. The Kier molecular flexibility index (Phi) is 2.26. The molecule has 3 heteroatoms. The van der Waals surface area contributed by atoms with E-state index < -0.39 is 0 Å². The van der Waals surface area contributed by atoms with Crippen LogP contribution in [0.3, 0.4) is 0 Å². The van der Waals surface area contributed by atoms with Gasteiger partial charge in [0.1, 0.15) is 0 Å². The van der Waals surface area contributed by atoms with Crippen LogP contribution in [0.25, 0.3) is 5.69 Å². The minimum Gasteiger partial charge on any atom is -0.324 e. The molecule has 1 atom stereocenters. The molecule has 1 aromatic carbocycles. The molecule has 3 rings (SSSR count). The Labute approximate surface area is 94.9 Å². The Bertz CT molecular complexity index is 488. The highest BCUT2D eigenvalue weighted by Gasteiger charge is 2.20. The minimum atomic E-state index is 0.157. The van der Waals surface area contributed by atoms with E-state index in [4.69, 9.17) is 5.73 Å². The maximum absolute atomic E-state index is 6.21. The van der Waals surface area contributed by atoms with Gasteiger partial charge in [0.05, 0.1) is 5.69 Å². The van der Waals surface area contributed by atoms with Crippen LogP contribution in [0.5, 0.6) is 0 Å². The van der Waals surface area contributed by atoms with Crippen molar-refractivity contribution in [3.63, 3.8) is 0 Å². The van der Waals surface area contributed by atoms with Crippen LogP contribution < -0.4 is 5.73 Å². The first-order chi connectivity index (χ1) is 7.86. The topological polar surface area (TPSA) is 43.8 Å². The second-order valence-electron chi connectivity index (χ2n) is 4.30. The molecule has 1 unspecified atom stereocenters. The summed E-state index contributed by atoms with van der Waals surface area (Å²) in [6.07, 6.45) is 7.17. The zero-order valence-electron chi connectivity index (χ0n) is 9.13. The van der Waals surface area contributed by atoms with Crippen molar-refractivity contribution in [3.05, 3.63) is 47.8 Å². The molecule has 2 aromatic rings. The number of fused-ring (bicyclic) bond motifs is 1. The molecule has 1 aliphatic carbocycles. The van der Waals surface area contributed by atoms with Crippen molar-refractivity contribution >= 4 is 0 Å². The van der Waals surface area contributed by atoms with E-state index in [-0.39, 0.29) is 6.04 Å². The standard InChI is InChI=1S/C13H15N3/c14-11-6-1-4-10-5-2-7-12(13(10)11)16-9-3-8-15-16/h2-3,5,7-9,11H,1,4,6,14H2. The normalized spacial score (nSPS) is 19.4. The molecule has 0 amide bonds. The van der Waals surface area contributed by atoms with Crippen molar-refractivity contribution in [1.82, 2.24) is 9.78 Å². The van der Waals surface area contributed by atoms with Crippen molar-refractivity contribution < 1.29 is 0 Å². The molecule has 0 saturated heterocycles. The van der Waals surface area contributed by atoms with E-state index in [0.29, 0.717) is 0 Å². The largest absolute Gasteiger partial charge is 0.324 e. The van der Waals surface area contributed by atoms with Crippen molar-refractivity contribution in [3.8, 4) is 5.69 Å². The van der Waals surface area contributed by atoms with Gasteiger partial charge in [0.25, 0.3) is 0 Å². The van der Waals surface area contributed by atoms with E-state index in [0.717, 1.165) is 18.5 Å². The van der Waals surface area contributed by atoms with Crippen LogP contribution in [-0.4, -0.2) is 9.78 Å². The maximum atomic E-state index is 6.21. The Morgan fingerprint density at radius 2 is 2.25 bits per heavy atom. The van der Waals surface area contributed by atoms with E-state index in [2.05, 4.69) is 23.3 Å². The number of hydrogen-bond donors (Lipinski definition) is 1. The first-order valence-electron chi connectivity index (χ1n) is 5.73. The average molecular weight is 213 g/mol. The number of nitrogens with zero attached hydrogens (tertiary/aromatic N) is 2. The smallest absolute Gasteiger partial charge is 0.0696 e. The average Bonchev–Trinajstić information content (AvgIpc) is 2.82. The fourth-order valence-electron chi connectivity index (χ4n) is 2.51. The summed E-state index contributed by atoms with van der Waals surface area (Å²) in [6, 6.07) is 8.46. The van der Waals surface area contributed by atoms with E-state index in [9.17, 15) is 0 Å². The van der Waals surface area contributed by atoms with Crippen LogP contribution in [0.4, 0.5) is 0 Å². The van der Waals surface area contributed by atoms with Gasteiger partial charge in [-0.15, -0.1) is 0 Å². The molecule has 0 bridgehead atoms. The monoisotopic (exact) mass is 213 g/mol. The van der Waals surface area contributed by atoms with Gasteiger partial charge >= 0.3 is 0 Å². The van der Waals surface area contributed by atoms with Gasteiger partial charge in [-0.25, -0.2) is 4.68 Å². The summed E-state index contributed by atoms with van der Waals surface area (Å²) in [5.74, 6) is 0. The predicted octanol–water partition coefficient (Wildman–Crippen LogP) is 2.21. The SMILES string of the molecule is NC1CCCc2cccc(-n3cccn3)c21. The second kappa shape index (κ2) is 3.76. The molecular weight excluding hydrogens is 198 g/mol. The van der Waals surface area contributed by atoms with Gasteiger partial charge in [-0.05, 0) is 42.5 Å². The number of aromatic nitrogens is 2. The van der Waals surface area contributed by atoms with Crippen molar-refractivity contribution in [2.24, 2.45) is 5.73 Å². The molecule has 82 valence electrons. The Balaban J connectivity index is 2.19. The molecule has 3 nitrogen and oxygen atoms in total. The fraction of sp³-hybridized carbons (Fsp3) is 0.308. The van der Waals surface area contributed by atoms with Crippen LogP contribution in [0.2, 0.25) is 0 Å². The quantitative estimate of drug-likeness (QED) is 0.789. The van der Waals surface area contributed by atoms with Crippen LogP contribution in [0.1, 0.15) is 30.0 Å². The van der Waals surface area contributed by atoms with Gasteiger partial charge in [-0.1, -0.05) is 12.1 Å². The number of nitrogens with two attached hydrogens (primary N) is 1. The van der Waals surface area contributed by atoms with E-state index >= 15 is 0 Å². The molecule has 16 heavy (non-hydrogen) atoms. The highest BCUT2D eigenvalue weighted by Crippen LogP contribution is 2.32. The van der Waals surface area contributed by atoms with Crippen LogP contribution >= 0.6 is 0 Å². The predicted molar refractivity (Wildman–Crippen MR) is 63.4 cm³/mol. The van der Waals surface area contributed by atoms with E-state index in [1.165, 1.54) is 17.5 Å². The lowest BCUT2D eigenvalue weighted by Crippen LogP contribution is -2.20. The first kappa shape index (κ1) is 9.60. The lowest BCUT2D eigenvalue weighted by atomic mass is 9.87. The molecule has 2 N–H and O–H groups in total. The molecule has 0 spiro atoms. The molecular formula is C13H15N3. The summed E-state index contributed by atoms with van der Waals surface area (Å²) >= 11 is 0. The second-order valence-corrected chi connectivity index (χ2v) is 4.30. The van der Waals surface area contributed by atoms with Crippen molar-refractivity contribution in [1.29, 1.82) is 0 Å². The zero-order valence-corrected chi connectivity index (χ0v) is 9.13. The Morgan fingerprint density at radius 1 is 1.31 bits per heavy atom. The summed E-state index contributed by atoms with van der Waals surface area (Å²) in [5.41, 5.74) is 10.0. The lowest BCUT2D eigenvalue weighted by molar-refractivity contribution is 0.565. The summed E-state index contributed by atoms with van der Waals surface area (Å²) in [6.45, 7) is 0. The summed E-state index contributed by atoms with van der Waals surface area (Å²) in [4.78, 5) is 0. The third-order valence-corrected chi connectivity index (χ3v) is 3.26. The van der Waals surface area contributed by atoms with Gasteiger partial charge < -0.3 is 5.73 Å². The molecule has 0 saturated carbocycles. The molecule has 1 aromatic heterocycles. The molecule has 0 radical (unpaired) electrons. The van der Waals surface area contributed by atoms with Gasteiger partial charge in [0, 0.05) is 18.4 Å². The van der Waals surface area contributed by atoms with Gasteiger partial charge in [-0.3, -0.25) is 0 Å². The minimum absolute atomic E-state index is 0.157. The lowest BCUT2D eigenvalue weighted by Gasteiger charge is -2.24. The number of benzene rings is 1. The van der Waals surface area contributed by atoms with Crippen LogP contribution in [0, 0.1) is 0 Å². The number of rotatable bonds is 1. The molecule has 1 aliphatic rings. The maximum Gasteiger partial charge on any atom is 0.0696 e. The summed E-state index contributed by atoms with van der Waals surface area (Å²) in [7, 11) is 0. The molecule has 1 heterocycles. The molecule has 0 aliphatic heterocycles. The first-order valence-corrected chi connectivity index (χ1v) is 5.73. The highest BCUT2D eigenvalue weighted by molar-refractivity contribution is 5.48. The summed E-state index contributed by atoms with van der Waals surface area (Å²) in [5, 5.41) is 4.29. The number of aryl methyl sites for hydroxylation is 1. The van der Waals surface area contributed by atoms with Crippen molar-refractivity contribution in [2.45, 2.75) is 25.3 Å². The van der Waals surface area contributed by atoms with E-state index in [1.807, 2.05) is 16.9 Å². The van der Waals surface area contributed by atoms with Gasteiger partial charge in [0.15, 0.2) is 0 Å². The number of hydrogen-bond acceptors (Lipinski definition) is 2. The third kappa shape index (κ3) is 1.44. The van der Waals surface area contributed by atoms with Crippen LogP contribution in [-0.2, 0) is 6.42 Å². The van der Waals surface area contributed by atoms with Gasteiger partial charge in [0.2, 0.25) is 0 Å². The van der Waals surface area contributed by atoms with E-state index in [1.54, 1.807) is 6.20 Å². The Morgan fingerprint density at radius 3 is 3.06 bits per heavy atom. The summed E-state index contributed by atoms with van der Waals surface area (Å²) < 4.78 is 1.91. The third-order valence-electron chi connectivity index (χ3n) is 3.26. The van der Waals surface area contributed by atoms with Gasteiger partial charge in [-0.2, -0.15) is 5.10 Å². The fourth-order valence-corrected chi connectivity index (χ4v) is 2.51. The highest BCUT2D eigenvalue weighted by atomic mass is 15.3. The Hall–Kier alpha value is -1.61. The zero-order chi connectivity index (χ0) is 11.0. The van der Waals surface area contributed by atoms with Crippen molar-refractivity contribution in [2.75, 3.05) is 0 Å².